The number of thioether (sulfide) groups is 1. The number of amides is 1. The monoisotopic (exact) mass is 449 g/mol. The molecule has 1 aliphatic heterocycles. The average Bonchev–Trinajstić information content (AvgIpc) is 3.16. The summed E-state index contributed by atoms with van der Waals surface area (Å²) < 4.78 is 7.26. The Hall–Kier alpha value is -1.75. The minimum absolute atomic E-state index is 0.128. The van der Waals surface area contributed by atoms with Crippen molar-refractivity contribution in [2.75, 3.05) is 43.9 Å². The van der Waals surface area contributed by atoms with Crippen LogP contribution in [0.3, 0.4) is 0 Å². The number of morpholine rings is 1. The largest absolute Gasteiger partial charge is 0.379 e. The molecular formula is C20H27N5O3S2. The number of hydrogen-bond acceptors (Lipinski definition) is 8. The van der Waals surface area contributed by atoms with E-state index in [1.54, 1.807) is 0 Å². The standard InChI is InChI=1S/C20H27N5O3S2/c1-14-12-30-19(21-14)22-17(26)13-29-18-15-4-2-3-5-16(15)25(20(27)23-18)7-6-24-8-10-28-11-9-24/h12H,2-11,13H2,1H3,(H,21,22,26). The molecule has 0 unspecified atom stereocenters. The number of thiazole rings is 1. The van der Waals surface area contributed by atoms with Crippen molar-refractivity contribution >= 4 is 34.1 Å². The number of fused-ring (bicyclic) bond motifs is 1. The van der Waals surface area contributed by atoms with Crippen LogP contribution in [-0.4, -0.2) is 63.9 Å². The Morgan fingerprint density at radius 1 is 1.23 bits per heavy atom. The van der Waals surface area contributed by atoms with Crippen molar-refractivity contribution in [2.24, 2.45) is 0 Å². The molecule has 0 radical (unpaired) electrons. The van der Waals surface area contributed by atoms with Crippen LogP contribution in [0.2, 0.25) is 0 Å². The summed E-state index contributed by atoms with van der Waals surface area (Å²) in [5.74, 6) is 0.0900. The second kappa shape index (κ2) is 10.0. The Balaban J connectivity index is 1.45. The van der Waals surface area contributed by atoms with E-state index in [2.05, 4.69) is 20.2 Å². The van der Waals surface area contributed by atoms with Gasteiger partial charge in [-0.15, -0.1) is 11.3 Å². The van der Waals surface area contributed by atoms with Crippen LogP contribution in [0.15, 0.2) is 15.2 Å². The van der Waals surface area contributed by atoms with E-state index in [-0.39, 0.29) is 17.3 Å². The van der Waals surface area contributed by atoms with E-state index in [1.165, 1.54) is 23.1 Å². The molecule has 2 aliphatic rings. The number of anilines is 1. The van der Waals surface area contributed by atoms with Gasteiger partial charge in [0.25, 0.3) is 0 Å². The van der Waals surface area contributed by atoms with Gasteiger partial charge in [0.15, 0.2) is 5.13 Å². The van der Waals surface area contributed by atoms with E-state index in [1.807, 2.05) is 16.9 Å². The van der Waals surface area contributed by atoms with E-state index >= 15 is 0 Å². The minimum Gasteiger partial charge on any atom is -0.379 e. The molecule has 4 rings (SSSR count). The first kappa shape index (κ1) is 21.5. The zero-order valence-electron chi connectivity index (χ0n) is 17.2. The van der Waals surface area contributed by atoms with Crippen LogP contribution in [0.4, 0.5) is 5.13 Å². The van der Waals surface area contributed by atoms with E-state index in [4.69, 9.17) is 4.74 Å². The molecule has 1 aliphatic carbocycles. The number of aryl methyl sites for hydroxylation is 1. The molecule has 30 heavy (non-hydrogen) atoms. The predicted molar refractivity (Wildman–Crippen MR) is 119 cm³/mol. The summed E-state index contributed by atoms with van der Waals surface area (Å²) in [6, 6.07) is 0. The molecule has 1 amide bonds. The van der Waals surface area contributed by atoms with E-state index < -0.39 is 0 Å². The third-order valence-corrected chi connectivity index (χ3v) is 7.29. The van der Waals surface area contributed by atoms with Gasteiger partial charge in [-0.25, -0.2) is 9.78 Å². The first-order valence-corrected chi connectivity index (χ1v) is 12.2. The maximum atomic E-state index is 12.8. The lowest BCUT2D eigenvalue weighted by molar-refractivity contribution is -0.113. The summed E-state index contributed by atoms with van der Waals surface area (Å²) in [5, 5.41) is 6.03. The Morgan fingerprint density at radius 3 is 2.80 bits per heavy atom. The van der Waals surface area contributed by atoms with Crippen molar-refractivity contribution in [2.45, 2.75) is 44.2 Å². The first-order valence-electron chi connectivity index (χ1n) is 10.4. The molecule has 2 aromatic heterocycles. The number of rotatable bonds is 7. The fourth-order valence-corrected chi connectivity index (χ4v) is 5.45. The quantitative estimate of drug-likeness (QED) is 0.510. The molecule has 1 fully saturated rings. The van der Waals surface area contributed by atoms with Gasteiger partial charge < -0.3 is 10.1 Å². The highest BCUT2D eigenvalue weighted by molar-refractivity contribution is 8.00. The maximum Gasteiger partial charge on any atom is 0.348 e. The summed E-state index contributed by atoms with van der Waals surface area (Å²) >= 11 is 2.76. The highest BCUT2D eigenvalue weighted by Crippen LogP contribution is 2.28. The molecule has 1 N–H and O–H groups in total. The average molecular weight is 450 g/mol. The van der Waals surface area contributed by atoms with Crippen LogP contribution < -0.4 is 11.0 Å². The Morgan fingerprint density at radius 2 is 2.03 bits per heavy atom. The van der Waals surface area contributed by atoms with Gasteiger partial charge in [0.05, 0.1) is 24.7 Å². The Labute approximate surface area is 184 Å². The van der Waals surface area contributed by atoms with Crippen LogP contribution in [-0.2, 0) is 28.9 Å². The zero-order valence-corrected chi connectivity index (χ0v) is 18.8. The molecule has 0 bridgehead atoms. The van der Waals surface area contributed by atoms with Crippen LogP contribution in [0.1, 0.15) is 29.8 Å². The molecule has 0 aromatic carbocycles. The number of ether oxygens (including phenoxy) is 1. The highest BCUT2D eigenvalue weighted by atomic mass is 32.2. The molecule has 0 atom stereocenters. The minimum atomic E-state index is -0.206. The molecule has 1 saturated heterocycles. The lowest BCUT2D eigenvalue weighted by Gasteiger charge is -2.28. The molecule has 10 heteroatoms. The second-order valence-electron chi connectivity index (χ2n) is 7.57. The molecular weight excluding hydrogens is 422 g/mol. The molecule has 0 spiro atoms. The molecule has 162 valence electrons. The van der Waals surface area contributed by atoms with Crippen molar-refractivity contribution in [3.05, 3.63) is 32.8 Å². The Bertz CT molecular complexity index is 952. The van der Waals surface area contributed by atoms with Crippen LogP contribution in [0.25, 0.3) is 0 Å². The maximum absolute atomic E-state index is 12.8. The molecule has 8 nitrogen and oxygen atoms in total. The summed E-state index contributed by atoms with van der Waals surface area (Å²) in [5.41, 5.74) is 2.93. The summed E-state index contributed by atoms with van der Waals surface area (Å²) in [4.78, 5) is 36.1. The number of carbonyl (C=O) groups excluding carboxylic acids is 1. The van der Waals surface area contributed by atoms with E-state index in [9.17, 15) is 9.59 Å². The lowest BCUT2D eigenvalue weighted by atomic mass is 9.97. The molecule has 3 heterocycles. The van der Waals surface area contributed by atoms with E-state index in [0.29, 0.717) is 16.7 Å². The number of hydrogen-bond donors (Lipinski definition) is 1. The second-order valence-corrected chi connectivity index (χ2v) is 9.39. The summed E-state index contributed by atoms with van der Waals surface area (Å²) in [7, 11) is 0. The SMILES string of the molecule is Cc1csc(NC(=O)CSc2nc(=O)n(CCN3CCOCC3)c3c2CCCC3)n1. The smallest absolute Gasteiger partial charge is 0.348 e. The van der Waals surface area contributed by atoms with Gasteiger partial charge in [0.1, 0.15) is 5.03 Å². The van der Waals surface area contributed by atoms with Gasteiger partial charge in [0, 0.05) is 42.8 Å². The van der Waals surface area contributed by atoms with Gasteiger partial charge >= 0.3 is 5.69 Å². The molecule has 0 saturated carbocycles. The molecule has 2 aromatic rings. The van der Waals surface area contributed by atoms with Gasteiger partial charge in [-0.1, -0.05) is 11.8 Å². The van der Waals surface area contributed by atoms with Crippen LogP contribution in [0, 0.1) is 6.92 Å². The number of carbonyl (C=O) groups is 1. The van der Waals surface area contributed by atoms with E-state index in [0.717, 1.165) is 75.5 Å². The van der Waals surface area contributed by atoms with Crippen LogP contribution in [0.5, 0.6) is 0 Å². The fraction of sp³-hybridized carbons (Fsp3) is 0.600. The third kappa shape index (κ3) is 5.29. The number of nitrogens with one attached hydrogen (secondary N) is 1. The number of nitrogens with zero attached hydrogens (tertiary/aromatic N) is 4. The zero-order chi connectivity index (χ0) is 20.9. The predicted octanol–water partition coefficient (Wildman–Crippen LogP) is 1.95. The number of aromatic nitrogens is 3. The van der Waals surface area contributed by atoms with Gasteiger partial charge in [0.2, 0.25) is 5.91 Å². The van der Waals surface area contributed by atoms with Gasteiger partial charge in [-0.3, -0.25) is 14.3 Å². The normalized spacial score (nSPS) is 17.0. The van der Waals surface area contributed by atoms with Crippen molar-refractivity contribution in [1.29, 1.82) is 0 Å². The first-order chi connectivity index (χ1) is 14.6. The van der Waals surface area contributed by atoms with Crippen molar-refractivity contribution in [3.8, 4) is 0 Å². The summed E-state index contributed by atoms with van der Waals surface area (Å²) in [6.07, 6.45) is 3.99. The topological polar surface area (TPSA) is 89.4 Å². The summed E-state index contributed by atoms with van der Waals surface area (Å²) in [6.45, 7) is 6.71. The van der Waals surface area contributed by atoms with Crippen molar-refractivity contribution in [3.63, 3.8) is 0 Å². The van der Waals surface area contributed by atoms with Crippen molar-refractivity contribution < 1.29 is 9.53 Å². The fourth-order valence-electron chi connectivity index (χ4n) is 3.86. The van der Waals surface area contributed by atoms with Crippen LogP contribution >= 0.6 is 23.1 Å². The Kier molecular flexibility index (Phi) is 7.19. The van der Waals surface area contributed by atoms with Gasteiger partial charge in [-0.2, -0.15) is 4.98 Å². The lowest BCUT2D eigenvalue weighted by Crippen LogP contribution is -2.40. The van der Waals surface area contributed by atoms with Gasteiger partial charge in [-0.05, 0) is 32.6 Å². The third-order valence-electron chi connectivity index (χ3n) is 5.40. The highest BCUT2D eigenvalue weighted by Gasteiger charge is 2.22. The van der Waals surface area contributed by atoms with Crippen molar-refractivity contribution in [1.82, 2.24) is 19.4 Å².